The first-order chi connectivity index (χ1) is 12.1. The molecule has 1 saturated carbocycles. The maximum Gasteiger partial charge on any atom is 0.229 e. The number of nitrogens with zero attached hydrogens (tertiary/aromatic N) is 3. The third-order valence-corrected chi connectivity index (χ3v) is 6.88. The molecule has 1 aromatic rings. The van der Waals surface area contributed by atoms with Crippen molar-refractivity contribution < 1.29 is 9.90 Å². The van der Waals surface area contributed by atoms with Gasteiger partial charge in [0, 0.05) is 36.3 Å². The first-order valence-corrected chi connectivity index (χ1v) is 10.2. The average Bonchev–Trinajstić information content (AvgIpc) is 2.94. The van der Waals surface area contributed by atoms with Crippen LogP contribution in [0.2, 0.25) is 0 Å². The summed E-state index contributed by atoms with van der Waals surface area (Å²) >= 11 is 3.43. The molecule has 0 unspecified atom stereocenters. The number of carbonyl (C=O) groups is 1. The Morgan fingerprint density at radius 2 is 1.76 bits per heavy atom. The van der Waals surface area contributed by atoms with Crippen molar-refractivity contribution in [3.05, 3.63) is 22.8 Å². The van der Waals surface area contributed by atoms with Gasteiger partial charge in [0.2, 0.25) is 5.91 Å². The van der Waals surface area contributed by atoms with Gasteiger partial charge in [0.25, 0.3) is 0 Å². The summed E-state index contributed by atoms with van der Waals surface area (Å²) in [4.78, 5) is 22.1. The predicted molar refractivity (Wildman–Crippen MR) is 100 cm³/mol. The van der Waals surface area contributed by atoms with Crippen LogP contribution in [0.3, 0.4) is 0 Å². The summed E-state index contributed by atoms with van der Waals surface area (Å²) in [6.07, 6.45) is 8.10. The van der Waals surface area contributed by atoms with Gasteiger partial charge in [-0.3, -0.25) is 4.79 Å². The zero-order valence-corrected chi connectivity index (χ0v) is 16.1. The lowest BCUT2D eigenvalue weighted by Gasteiger charge is -2.40. The first kappa shape index (κ1) is 17.3. The van der Waals surface area contributed by atoms with Crippen molar-refractivity contribution in [3.63, 3.8) is 0 Å². The average molecular weight is 408 g/mol. The van der Waals surface area contributed by atoms with Crippen LogP contribution in [0.1, 0.15) is 44.9 Å². The lowest BCUT2D eigenvalue weighted by Crippen LogP contribution is -2.47. The smallest absolute Gasteiger partial charge is 0.229 e. The molecule has 25 heavy (non-hydrogen) atoms. The molecule has 0 atom stereocenters. The van der Waals surface area contributed by atoms with E-state index in [1.165, 1.54) is 0 Å². The van der Waals surface area contributed by atoms with E-state index in [0.29, 0.717) is 11.9 Å². The normalized spacial score (nSPS) is 29.4. The van der Waals surface area contributed by atoms with E-state index in [2.05, 4.69) is 30.7 Å². The molecule has 1 aromatic heterocycles. The number of rotatable bonds is 2. The topological polar surface area (TPSA) is 56.7 Å². The van der Waals surface area contributed by atoms with Gasteiger partial charge in [-0.2, -0.15) is 0 Å². The van der Waals surface area contributed by atoms with E-state index in [-0.39, 0.29) is 11.5 Å². The molecule has 4 rings (SSSR count). The van der Waals surface area contributed by atoms with E-state index in [1.54, 1.807) is 0 Å². The van der Waals surface area contributed by atoms with E-state index < -0.39 is 0 Å². The summed E-state index contributed by atoms with van der Waals surface area (Å²) in [6, 6.07) is 4.41. The third kappa shape index (κ3) is 3.31. The summed E-state index contributed by atoms with van der Waals surface area (Å²) in [5.41, 5.74) is -0.151. The number of aliphatic hydroxyl groups is 1. The number of hydrogen-bond donors (Lipinski definition) is 1. The lowest BCUT2D eigenvalue weighted by atomic mass is 9.77. The number of likely N-dealkylation sites (tertiary alicyclic amines) is 1. The Morgan fingerprint density at radius 3 is 2.40 bits per heavy atom. The number of pyridine rings is 1. The van der Waals surface area contributed by atoms with Crippen LogP contribution in [0.5, 0.6) is 0 Å². The van der Waals surface area contributed by atoms with Gasteiger partial charge in [0.1, 0.15) is 5.82 Å². The number of aromatic nitrogens is 1. The second-order valence-corrected chi connectivity index (χ2v) is 8.73. The van der Waals surface area contributed by atoms with Gasteiger partial charge in [0.05, 0.1) is 11.5 Å². The Morgan fingerprint density at radius 1 is 1.08 bits per heavy atom. The predicted octanol–water partition coefficient (Wildman–Crippen LogP) is 2.97. The largest absolute Gasteiger partial charge is 0.393 e. The van der Waals surface area contributed by atoms with E-state index in [0.717, 1.165) is 74.9 Å². The Hall–Kier alpha value is -1.14. The van der Waals surface area contributed by atoms with Gasteiger partial charge in [-0.15, -0.1) is 0 Å². The molecule has 136 valence electrons. The highest BCUT2D eigenvalue weighted by Crippen LogP contribution is 2.44. The molecule has 1 N–H and O–H groups in total. The monoisotopic (exact) mass is 407 g/mol. The van der Waals surface area contributed by atoms with Crippen LogP contribution in [0.15, 0.2) is 22.8 Å². The van der Waals surface area contributed by atoms with Gasteiger partial charge >= 0.3 is 0 Å². The minimum Gasteiger partial charge on any atom is -0.393 e. The highest BCUT2D eigenvalue weighted by Gasteiger charge is 2.50. The Balaban J connectivity index is 1.39. The van der Waals surface area contributed by atoms with Crippen LogP contribution >= 0.6 is 15.9 Å². The van der Waals surface area contributed by atoms with Crippen molar-refractivity contribution in [2.45, 2.75) is 57.1 Å². The number of piperidine rings is 1. The number of amides is 1. The number of anilines is 1. The molecule has 1 aliphatic carbocycles. The van der Waals surface area contributed by atoms with Crippen LogP contribution in [0.25, 0.3) is 0 Å². The summed E-state index contributed by atoms with van der Waals surface area (Å²) in [6.45, 7) is 2.70. The molecule has 2 saturated heterocycles. The van der Waals surface area contributed by atoms with Crippen LogP contribution < -0.4 is 4.90 Å². The first-order valence-electron chi connectivity index (χ1n) is 9.43. The molecule has 0 aromatic carbocycles. The fourth-order valence-electron chi connectivity index (χ4n) is 4.75. The Kier molecular flexibility index (Phi) is 4.75. The van der Waals surface area contributed by atoms with Gasteiger partial charge in [-0.1, -0.05) is 0 Å². The van der Waals surface area contributed by atoms with Crippen molar-refractivity contribution in [2.24, 2.45) is 5.41 Å². The van der Waals surface area contributed by atoms with E-state index in [1.807, 2.05) is 18.3 Å². The maximum absolute atomic E-state index is 13.2. The molecule has 1 spiro atoms. The Labute approximate surface area is 157 Å². The van der Waals surface area contributed by atoms with Crippen LogP contribution in [-0.4, -0.2) is 52.7 Å². The number of halogens is 1. The summed E-state index contributed by atoms with van der Waals surface area (Å²) in [7, 11) is 0. The lowest BCUT2D eigenvalue weighted by molar-refractivity contribution is -0.139. The van der Waals surface area contributed by atoms with Gasteiger partial charge in [-0.25, -0.2) is 4.98 Å². The molecule has 6 heteroatoms. The van der Waals surface area contributed by atoms with Gasteiger partial charge < -0.3 is 14.9 Å². The van der Waals surface area contributed by atoms with Crippen LogP contribution in [0.4, 0.5) is 5.82 Å². The SMILES string of the molecule is O=C1N(C2CCC(O)CC2)CCC12CCN(c1ccc(Br)cn1)CC2. The molecule has 3 aliphatic rings. The highest BCUT2D eigenvalue weighted by atomic mass is 79.9. The summed E-state index contributed by atoms with van der Waals surface area (Å²) in [5.74, 6) is 1.37. The molecule has 0 bridgehead atoms. The molecule has 2 aliphatic heterocycles. The number of carbonyl (C=O) groups excluding carboxylic acids is 1. The van der Waals surface area contributed by atoms with E-state index in [4.69, 9.17) is 0 Å². The second-order valence-electron chi connectivity index (χ2n) is 7.81. The standard InChI is InChI=1S/C19H26BrN3O2/c20-14-1-6-17(21-13-14)22-10-7-19(8-11-22)9-12-23(18(19)25)15-2-4-16(24)5-3-15/h1,6,13,15-16,24H,2-5,7-12H2. The fraction of sp³-hybridized carbons (Fsp3) is 0.684. The van der Waals surface area contributed by atoms with E-state index >= 15 is 0 Å². The molecular weight excluding hydrogens is 382 g/mol. The number of hydrogen-bond acceptors (Lipinski definition) is 4. The molecule has 0 radical (unpaired) electrons. The van der Waals surface area contributed by atoms with Crippen LogP contribution in [-0.2, 0) is 4.79 Å². The third-order valence-electron chi connectivity index (χ3n) is 6.41. The van der Waals surface area contributed by atoms with Crippen molar-refractivity contribution >= 4 is 27.7 Å². The van der Waals surface area contributed by atoms with Gasteiger partial charge in [0.15, 0.2) is 0 Å². The van der Waals surface area contributed by atoms with Crippen molar-refractivity contribution in [1.82, 2.24) is 9.88 Å². The minimum atomic E-state index is -0.162. The quantitative estimate of drug-likeness (QED) is 0.818. The van der Waals surface area contributed by atoms with Crippen molar-refractivity contribution in [1.29, 1.82) is 0 Å². The van der Waals surface area contributed by atoms with Crippen LogP contribution in [0, 0.1) is 5.41 Å². The summed E-state index contributed by atoms with van der Waals surface area (Å²) < 4.78 is 0.990. The minimum absolute atomic E-state index is 0.151. The molecule has 3 fully saturated rings. The van der Waals surface area contributed by atoms with Gasteiger partial charge in [-0.05, 0) is 73.0 Å². The van der Waals surface area contributed by atoms with Crippen molar-refractivity contribution in [2.75, 3.05) is 24.5 Å². The number of aliphatic hydroxyl groups excluding tert-OH is 1. The summed E-state index contributed by atoms with van der Waals surface area (Å²) in [5, 5.41) is 9.71. The zero-order valence-electron chi connectivity index (χ0n) is 14.5. The van der Waals surface area contributed by atoms with E-state index in [9.17, 15) is 9.90 Å². The molecule has 5 nitrogen and oxygen atoms in total. The highest BCUT2D eigenvalue weighted by molar-refractivity contribution is 9.10. The molecule has 3 heterocycles. The molecule has 1 amide bonds. The molecular formula is C19H26BrN3O2. The fourth-order valence-corrected chi connectivity index (χ4v) is 4.98. The van der Waals surface area contributed by atoms with Crippen molar-refractivity contribution in [3.8, 4) is 0 Å². The second kappa shape index (κ2) is 6.88. The maximum atomic E-state index is 13.2. The Bertz CT molecular complexity index is 620. The zero-order chi connectivity index (χ0) is 17.4.